The van der Waals surface area contributed by atoms with Gasteiger partial charge in [0.15, 0.2) is 5.82 Å². The fraction of sp³-hybridized carbons (Fsp3) is 0.611. The lowest BCUT2D eigenvalue weighted by Gasteiger charge is -2.22. The molecule has 1 amide bonds. The number of thiophene rings is 1. The van der Waals surface area contributed by atoms with Gasteiger partial charge < -0.3 is 9.42 Å². The molecule has 1 aliphatic carbocycles. The van der Waals surface area contributed by atoms with E-state index in [9.17, 15) is 4.79 Å². The molecule has 3 heterocycles. The highest BCUT2D eigenvalue weighted by atomic mass is 32.1. The molecule has 128 valence electrons. The lowest BCUT2D eigenvalue weighted by atomic mass is 10.2. The lowest BCUT2D eigenvalue weighted by Crippen LogP contribution is -2.32. The molecule has 1 saturated heterocycles. The van der Waals surface area contributed by atoms with Crippen LogP contribution in [0.4, 0.5) is 0 Å². The zero-order chi connectivity index (χ0) is 16.8. The van der Waals surface area contributed by atoms with Crippen molar-refractivity contribution in [2.45, 2.75) is 57.9 Å². The Hall–Kier alpha value is -1.69. The number of aromatic nitrogens is 2. The number of likely N-dealkylation sites (tertiary alicyclic amines) is 1. The molecular weight excluding hydrogens is 322 g/mol. The van der Waals surface area contributed by atoms with Crippen molar-refractivity contribution in [1.29, 1.82) is 0 Å². The SMILES string of the molecule is Cc1ccc([C@@H]2C[C@H]2C(=O)N2CCC[C@H]2c2noc(C(C)C)n2)s1. The third-order valence-electron chi connectivity index (χ3n) is 5.02. The summed E-state index contributed by atoms with van der Waals surface area (Å²) in [7, 11) is 0. The number of aryl methyl sites for hydroxylation is 1. The number of hydrogen-bond donors (Lipinski definition) is 0. The first-order valence-electron chi connectivity index (χ1n) is 8.75. The van der Waals surface area contributed by atoms with Gasteiger partial charge in [0.05, 0.1) is 6.04 Å². The second-order valence-electron chi connectivity index (χ2n) is 7.23. The standard InChI is InChI=1S/C18H23N3O2S/c1-10(2)17-19-16(20-23-17)14-5-4-8-21(14)18(22)13-9-12(13)15-7-6-11(3)24-15/h6-7,10,12-14H,4-5,8-9H2,1-3H3/t12-,13-,14+/m1/s1. The van der Waals surface area contributed by atoms with Gasteiger partial charge in [-0.2, -0.15) is 4.98 Å². The minimum atomic E-state index is -0.0138. The molecule has 6 heteroatoms. The molecule has 4 rings (SSSR count). The maximum Gasteiger partial charge on any atom is 0.229 e. The first-order valence-corrected chi connectivity index (χ1v) is 9.56. The molecule has 0 radical (unpaired) electrons. The van der Waals surface area contributed by atoms with Gasteiger partial charge in [-0.3, -0.25) is 4.79 Å². The summed E-state index contributed by atoms with van der Waals surface area (Å²) < 4.78 is 5.34. The summed E-state index contributed by atoms with van der Waals surface area (Å²) in [5.41, 5.74) is 0. The molecule has 2 aromatic rings. The van der Waals surface area contributed by atoms with Crippen molar-refractivity contribution >= 4 is 17.2 Å². The minimum absolute atomic E-state index is 0.0138. The summed E-state index contributed by atoms with van der Waals surface area (Å²) >= 11 is 1.82. The van der Waals surface area contributed by atoms with Crippen LogP contribution in [0.25, 0.3) is 0 Å². The van der Waals surface area contributed by atoms with Gasteiger partial charge in [-0.15, -0.1) is 11.3 Å². The quantitative estimate of drug-likeness (QED) is 0.839. The fourth-order valence-electron chi connectivity index (χ4n) is 3.56. The van der Waals surface area contributed by atoms with E-state index in [4.69, 9.17) is 4.52 Å². The average molecular weight is 345 g/mol. The van der Waals surface area contributed by atoms with E-state index >= 15 is 0 Å². The van der Waals surface area contributed by atoms with Gasteiger partial charge >= 0.3 is 0 Å². The number of rotatable bonds is 4. The molecule has 2 aromatic heterocycles. The van der Waals surface area contributed by atoms with E-state index in [1.807, 2.05) is 30.1 Å². The molecule has 1 saturated carbocycles. The van der Waals surface area contributed by atoms with Gasteiger partial charge in [0, 0.05) is 34.1 Å². The van der Waals surface area contributed by atoms with Gasteiger partial charge in [0.25, 0.3) is 0 Å². The van der Waals surface area contributed by atoms with Crippen molar-refractivity contribution in [3.8, 4) is 0 Å². The number of amides is 1. The lowest BCUT2D eigenvalue weighted by molar-refractivity contribution is -0.133. The van der Waals surface area contributed by atoms with Gasteiger partial charge in [0.1, 0.15) is 0 Å². The second-order valence-corrected chi connectivity index (χ2v) is 8.55. The van der Waals surface area contributed by atoms with Crippen LogP contribution >= 0.6 is 11.3 Å². The average Bonchev–Trinajstić information content (AvgIpc) is 2.97. The molecule has 2 aliphatic rings. The minimum Gasteiger partial charge on any atom is -0.339 e. The third-order valence-corrected chi connectivity index (χ3v) is 6.15. The summed E-state index contributed by atoms with van der Waals surface area (Å²) in [6.07, 6.45) is 2.92. The van der Waals surface area contributed by atoms with E-state index in [1.165, 1.54) is 9.75 Å². The smallest absolute Gasteiger partial charge is 0.229 e. The fourth-order valence-corrected chi connectivity index (χ4v) is 4.62. The van der Waals surface area contributed by atoms with Crippen LogP contribution in [0.2, 0.25) is 0 Å². The summed E-state index contributed by atoms with van der Waals surface area (Å²) in [5.74, 6) is 2.36. The molecule has 0 unspecified atom stereocenters. The Morgan fingerprint density at radius 1 is 1.42 bits per heavy atom. The molecule has 0 bridgehead atoms. The third kappa shape index (κ3) is 2.77. The monoisotopic (exact) mass is 345 g/mol. The van der Waals surface area contributed by atoms with Crippen LogP contribution in [0.3, 0.4) is 0 Å². The molecule has 1 aliphatic heterocycles. The van der Waals surface area contributed by atoms with Gasteiger partial charge in [-0.05, 0) is 38.3 Å². The Bertz CT molecular complexity index is 751. The van der Waals surface area contributed by atoms with Crippen LogP contribution in [0.1, 0.15) is 72.5 Å². The first kappa shape index (κ1) is 15.8. The molecule has 0 spiro atoms. The van der Waals surface area contributed by atoms with Gasteiger partial charge in [-0.25, -0.2) is 0 Å². The Morgan fingerprint density at radius 3 is 2.92 bits per heavy atom. The van der Waals surface area contributed by atoms with Crippen molar-refractivity contribution in [3.05, 3.63) is 33.6 Å². The van der Waals surface area contributed by atoms with Crippen molar-refractivity contribution in [3.63, 3.8) is 0 Å². The van der Waals surface area contributed by atoms with Gasteiger partial charge in [0.2, 0.25) is 11.8 Å². The number of nitrogens with zero attached hydrogens (tertiary/aromatic N) is 3. The summed E-state index contributed by atoms with van der Waals surface area (Å²) in [5, 5.41) is 4.13. The van der Waals surface area contributed by atoms with Crippen molar-refractivity contribution < 1.29 is 9.32 Å². The maximum atomic E-state index is 13.0. The molecule has 24 heavy (non-hydrogen) atoms. The number of carbonyl (C=O) groups is 1. The summed E-state index contributed by atoms with van der Waals surface area (Å²) in [6, 6.07) is 4.30. The van der Waals surface area contributed by atoms with Gasteiger partial charge in [-0.1, -0.05) is 19.0 Å². The number of hydrogen-bond acceptors (Lipinski definition) is 5. The second kappa shape index (κ2) is 5.99. The van der Waals surface area contributed by atoms with Crippen molar-refractivity contribution in [1.82, 2.24) is 15.0 Å². The van der Waals surface area contributed by atoms with E-state index in [1.54, 1.807) is 0 Å². The topological polar surface area (TPSA) is 59.2 Å². The van der Waals surface area contributed by atoms with E-state index in [-0.39, 0.29) is 23.8 Å². The van der Waals surface area contributed by atoms with Crippen molar-refractivity contribution in [2.24, 2.45) is 5.92 Å². The molecule has 0 N–H and O–H groups in total. The maximum absolute atomic E-state index is 13.0. The Morgan fingerprint density at radius 2 is 2.25 bits per heavy atom. The highest BCUT2D eigenvalue weighted by molar-refractivity contribution is 7.12. The summed E-state index contributed by atoms with van der Waals surface area (Å²) in [4.78, 5) is 22.1. The highest BCUT2D eigenvalue weighted by Gasteiger charge is 2.49. The van der Waals surface area contributed by atoms with E-state index < -0.39 is 0 Å². The van der Waals surface area contributed by atoms with Crippen LogP contribution in [-0.4, -0.2) is 27.5 Å². The molecule has 0 aromatic carbocycles. The van der Waals surface area contributed by atoms with Crippen LogP contribution in [-0.2, 0) is 4.79 Å². The first-order chi connectivity index (χ1) is 11.5. The molecule has 2 fully saturated rings. The molecular formula is C18H23N3O2S. The normalized spacial score (nSPS) is 26.3. The van der Waals surface area contributed by atoms with Crippen LogP contribution in [0.5, 0.6) is 0 Å². The zero-order valence-corrected chi connectivity index (χ0v) is 15.2. The van der Waals surface area contributed by atoms with Crippen LogP contribution in [0, 0.1) is 12.8 Å². The molecule has 5 nitrogen and oxygen atoms in total. The van der Waals surface area contributed by atoms with Crippen LogP contribution in [0.15, 0.2) is 16.7 Å². The summed E-state index contributed by atoms with van der Waals surface area (Å²) in [6.45, 7) is 6.99. The molecule has 3 atom stereocenters. The van der Waals surface area contributed by atoms with E-state index in [0.29, 0.717) is 17.6 Å². The number of carbonyl (C=O) groups excluding carboxylic acids is 1. The largest absolute Gasteiger partial charge is 0.339 e. The Labute approximate surface area is 146 Å². The predicted octanol–water partition coefficient (Wildman–Crippen LogP) is 4.03. The van der Waals surface area contributed by atoms with E-state index in [0.717, 1.165) is 25.8 Å². The Balaban J connectivity index is 1.47. The predicted molar refractivity (Wildman–Crippen MR) is 92.0 cm³/mol. The highest BCUT2D eigenvalue weighted by Crippen LogP contribution is 2.51. The van der Waals surface area contributed by atoms with E-state index in [2.05, 4.69) is 29.2 Å². The zero-order valence-electron chi connectivity index (χ0n) is 14.4. The van der Waals surface area contributed by atoms with Crippen LogP contribution < -0.4 is 0 Å². The Kier molecular flexibility index (Phi) is 3.95. The van der Waals surface area contributed by atoms with Crippen molar-refractivity contribution in [2.75, 3.05) is 6.54 Å².